The number of ether oxygens (including phenoxy) is 1. The molecule has 4 aromatic rings. The maximum atomic E-state index is 14.0. The minimum Gasteiger partial charge on any atom is -0.477 e. The average Bonchev–Trinajstić information content (AvgIpc) is 3.74. The van der Waals surface area contributed by atoms with Gasteiger partial charge in [-0.05, 0) is 86.3 Å². The lowest BCUT2D eigenvalue weighted by atomic mass is 9.82. The van der Waals surface area contributed by atoms with Crippen molar-refractivity contribution in [2.75, 3.05) is 11.4 Å². The molecule has 3 aliphatic rings. The lowest BCUT2D eigenvalue weighted by Gasteiger charge is -2.32. The van der Waals surface area contributed by atoms with Crippen LogP contribution in [-0.4, -0.2) is 33.1 Å². The first-order valence-corrected chi connectivity index (χ1v) is 15.7. The van der Waals surface area contributed by atoms with Crippen LogP contribution in [0.3, 0.4) is 0 Å². The number of imidazole rings is 1. The zero-order valence-electron chi connectivity index (χ0n) is 23.3. The number of amides is 1. The molecule has 0 spiro atoms. The summed E-state index contributed by atoms with van der Waals surface area (Å²) in [6, 6.07) is 15.9. The number of carbonyl (C=O) groups is 2. The molecule has 0 saturated heterocycles. The Morgan fingerprint density at radius 2 is 1.83 bits per heavy atom. The number of aromatic carboxylic acids is 1. The van der Waals surface area contributed by atoms with E-state index in [-0.39, 0.29) is 16.7 Å². The molecule has 1 aliphatic heterocycles. The van der Waals surface area contributed by atoms with Gasteiger partial charge in [0, 0.05) is 17.3 Å². The molecular weight excluding hydrogens is 534 g/mol. The summed E-state index contributed by atoms with van der Waals surface area (Å²) < 4.78 is 8.24. The van der Waals surface area contributed by atoms with Crippen molar-refractivity contribution in [3.63, 3.8) is 0 Å². The molecule has 41 heavy (non-hydrogen) atoms. The van der Waals surface area contributed by atoms with Crippen molar-refractivity contribution in [3.8, 4) is 27.6 Å². The highest BCUT2D eigenvalue weighted by molar-refractivity contribution is 7.18. The van der Waals surface area contributed by atoms with E-state index >= 15 is 0 Å². The van der Waals surface area contributed by atoms with E-state index in [1.807, 2.05) is 53.4 Å². The zero-order chi connectivity index (χ0) is 28.1. The third-order valence-corrected chi connectivity index (χ3v) is 10.4. The number of hydrogen-bond donors (Lipinski definition) is 1. The first kappa shape index (κ1) is 26.3. The maximum Gasteiger partial charge on any atom is 0.348 e. The highest BCUT2D eigenvalue weighted by Gasteiger charge is 2.34. The predicted octanol–water partition coefficient (Wildman–Crippen LogP) is 7.83. The van der Waals surface area contributed by atoms with E-state index in [0.717, 1.165) is 77.1 Å². The van der Waals surface area contributed by atoms with E-state index in [1.54, 1.807) is 0 Å². The zero-order valence-corrected chi connectivity index (χ0v) is 24.2. The van der Waals surface area contributed by atoms with Crippen molar-refractivity contribution < 1.29 is 19.4 Å². The van der Waals surface area contributed by atoms with Gasteiger partial charge in [0.25, 0.3) is 0 Å². The van der Waals surface area contributed by atoms with E-state index in [2.05, 4.69) is 11.5 Å². The van der Waals surface area contributed by atoms with Gasteiger partial charge in [0.05, 0.1) is 22.3 Å². The Morgan fingerprint density at radius 3 is 2.61 bits per heavy atom. The van der Waals surface area contributed by atoms with Crippen LogP contribution in [0, 0.1) is 17.8 Å². The summed E-state index contributed by atoms with van der Waals surface area (Å²) in [4.78, 5) is 34.3. The molecule has 0 bridgehead atoms. The number of benzene rings is 2. The summed E-state index contributed by atoms with van der Waals surface area (Å²) in [5.74, 6) is 1.74. The largest absolute Gasteiger partial charge is 0.477 e. The quantitative estimate of drug-likeness (QED) is 0.256. The van der Waals surface area contributed by atoms with Gasteiger partial charge in [-0.3, -0.25) is 9.36 Å². The molecule has 2 fully saturated rings. The van der Waals surface area contributed by atoms with Crippen LogP contribution in [0.4, 0.5) is 5.69 Å². The molecule has 0 radical (unpaired) electrons. The molecule has 2 aliphatic carbocycles. The van der Waals surface area contributed by atoms with Crippen LogP contribution in [0.2, 0.25) is 0 Å². The Hall–Kier alpha value is -3.65. The molecule has 0 atom stereocenters. The second-order valence-corrected chi connectivity index (χ2v) is 13.1. The first-order chi connectivity index (χ1) is 20.0. The minimum atomic E-state index is -0.985. The van der Waals surface area contributed by atoms with Crippen molar-refractivity contribution in [1.29, 1.82) is 0 Å². The van der Waals surface area contributed by atoms with E-state index in [9.17, 15) is 14.7 Å². The summed E-state index contributed by atoms with van der Waals surface area (Å²) in [7, 11) is 0. The number of hydrogen-bond acceptors (Lipinski definition) is 5. The number of carboxylic acid groups (broad SMARTS) is 1. The second kappa shape index (κ2) is 10.6. The fraction of sp³-hybridized carbons (Fsp3) is 0.424. The number of nitrogens with zero attached hydrogens (tertiary/aromatic N) is 3. The number of anilines is 1. The molecule has 8 heteroatoms. The number of aromatic nitrogens is 2. The molecule has 1 amide bonds. The van der Waals surface area contributed by atoms with E-state index in [0.29, 0.717) is 30.8 Å². The summed E-state index contributed by atoms with van der Waals surface area (Å²) in [6.45, 7) is 3.22. The molecule has 7 rings (SSSR count). The normalized spacial score (nSPS) is 20.4. The van der Waals surface area contributed by atoms with Gasteiger partial charge in [-0.2, -0.15) is 0 Å². The number of carbonyl (C=O) groups excluding carboxylic acids is 1. The summed E-state index contributed by atoms with van der Waals surface area (Å²) in [5, 5.41) is 10.3. The lowest BCUT2D eigenvalue weighted by Crippen LogP contribution is -2.40. The topological polar surface area (TPSA) is 84.7 Å². The third kappa shape index (κ3) is 4.82. The van der Waals surface area contributed by atoms with Gasteiger partial charge in [-0.15, -0.1) is 11.3 Å². The van der Waals surface area contributed by atoms with Crippen LogP contribution in [0.5, 0.6) is 5.75 Å². The molecule has 3 heterocycles. The SMILES string of the molecule is CC1CCC(C(=O)N(CC2CCCC2)c2cc(-c3ccc4c(c3)OCn3c-4nc4ccccc43)sc2C(=O)O)CC1. The number of thiophene rings is 1. The minimum absolute atomic E-state index is 0.0333. The Bertz CT molecular complexity index is 1620. The smallest absolute Gasteiger partial charge is 0.348 e. The van der Waals surface area contributed by atoms with Crippen LogP contribution in [0.25, 0.3) is 32.9 Å². The Morgan fingerprint density at radius 1 is 1.05 bits per heavy atom. The van der Waals surface area contributed by atoms with Crippen molar-refractivity contribution in [2.45, 2.75) is 65.0 Å². The number of rotatable bonds is 6. The van der Waals surface area contributed by atoms with Gasteiger partial charge in [0.15, 0.2) is 6.73 Å². The lowest BCUT2D eigenvalue weighted by molar-refractivity contribution is -0.123. The van der Waals surface area contributed by atoms with Crippen molar-refractivity contribution in [3.05, 3.63) is 53.4 Å². The second-order valence-electron chi connectivity index (χ2n) is 12.0. The van der Waals surface area contributed by atoms with Crippen molar-refractivity contribution in [2.24, 2.45) is 17.8 Å². The maximum absolute atomic E-state index is 14.0. The molecule has 7 nitrogen and oxygen atoms in total. The van der Waals surface area contributed by atoms with E-state index in [1.165, 1.54) is 24.2 Å². The van der Waals surface area contributed by atoms with Crippen LogP contribution >= 0.6 is 11.3 Å². The van der Waals surface area contributed by atoms with Gasteiger partial charge in [0.2, 0.25) is 5.91 Å². The Kier molecular flexibility index (Phi) is 6.81. The predicted molar refractivity (Wildman–Crippen MR) is 162 cm³/mol. The number of para-hydroxylation sites is 2. The van der Waals surface area contributed by atoms with E-state index in [4.69, 9.17) is 9.72 Å². The summed E-state index contributed by atoms with van der Waals surface area (Å²) in [6.07, 6.45) is 8.42. The fourth-order valence-electron chi connectivity index (χ4n) is 6.89. The van der Waals surface area contributed by atoms with Crippen LogP contribution in [0.15, 0.2) is 48.5 Å². The van der Waals surface area contributed by atoms with Crippen molar-refractivity contribution >= 4 is 39.9 Å². The fourth-order valence-corrected chi connectivity index (χ4v) is 7.88. The van der Waals surface area contributed by atoms with Crippen molar-refractivity contribution in [1.82, 2.24) is 9.55 Å². The van der Waals surface area contributed by atoms with Gasteiger partial charge in [-0.25, -0.2) is 9.78 Å². The summed E-state index contributed by atoms with van der Waals surface area (Å²) >= 11 is 1.24. The van der Waals surface area contributed by atoms with Gasteiger partial charge in [-0.1, -0.05) is 38.0 Å². The monoisotopic (exact) mass is 569 g/mol. The van der Waals surface area contributed by atoms with Crippen LogP contribution in [-0.2, 0) is 11.5 Å². The number of fused-ring (bicyclic) bond motifs is 5. The molecule has 2 aromatic heterocycles. The molecule has 2 aromatic carbocycles. The van der Waals surface area contributed by atoms with E-state index < -0.39 is 5.97 Å². The molecule has 2 saturated carbocycles. The first-order valence-electron chi connectivity index (χ1n) is 14.9. The highest BCUT2D eigenvalue weighted by atomic mass is 32.1. The molecular formula is C33H35N3O4S. The molecule has 0 unspecified atom stereocenters. The van der Waals surface area contributed by atoms with Gasteiger partial charge in [0.1, 0.15) is 16.5 Å². The Balaban J connectivity index is 1.25. The number of carboxylic acids is 1. The summed E-state index contributed by atoms with van der Waals surface area (Å²) in [5.41, 5.74) is 4.30. The van der Waals surface area contributed by atoms with Crippen LogP contribution in [0.1, 0.15) is 68.0 Å². The average molecular weight is 570 g/mol. The Labute approximate surface area is 243 Å². The molecule has 212 valence electrons. The van der Waals surface area contributed by atoms with Crippen LogP contribution < -0.4 is 9.64 Å². The highest BCUT2D eigenvalue weighted by Crippen LogP contribution is 2.44. The third-order valence-electron chi connectivity index (χ3n) is 9.25. The van der Waals surface area contributed by atoms with Gasteiger partial charge >= 0.3 is 5.97 Å². The molecule has 1 N–H and O–H groups in total. The standard InChI is InChI=1S/C33H35N3O4S/c1-20-10-12-22(13-11-20)32(37)35(18-21-6-2-3-7-21)27-17-29(41-30(27)33(38)39)23-14-15-24-28(16-23)40-19-36-26-9-5-4-8-25(26)34-31(24)36/h4-5,8-9,14-17,20-22H,2-3,6-7,10-13,18-19H2,1H3,(H,38,39). The van der Waals surface area contributed by atoms with Gasteiger partial charge < -0.3 is 14.7 Å².